The Hall–Kier alpha value is -1.78. The zero-order valence-electron chi connectivity index (χ0n) is 6.86. The van der Waals surface area contributed by atoms with Crippen LogP contribution in [-0.2, 0) is 9.59 Å². The molecule has 1 unspecified atom stereocenters. The van der Waals surface area contributed by atoms with E-state index in [1.165, 1.54) is 12.2 Å². The Kier molecular flexibility index (Phi) is 2.69. The van der Waals surface area contributed by atoms with Crippen LogP contribution in [0.3, 0.4) is 0 Å². The lowest BCUT2D eigenvalue weighted by atomic mass is 10.1. The van der Waals surface area contributed by atoms with Gasteiger partial charge in [-0.2, -0.15) is 0 Å². The zero-order valence-corrected chi connectivity index (χ0v) is 6.86. The van der Waals surface area contributed by atoms with Crippen molar-refractivity contribution in [3.05, 3.63) is 23.9 Å². The lowest BCUT2D eigenvalue weighted by Gasteiger charge is -2.02. The molecule has 0 saturated carbocycles. The number of nitrogens with two attached hydrogens (primary N) is 1. The Balaban J connectivity index is 2.49. The maximum Gasteiger partial charge on any atom is 0.326 e. The van der Waals surface area contributed by atoms with E-state index in [-0.39, 0.29) is 0 Å². The van der Waals surface area contributed by atoms with E-state index in [9.17, 15) is 9.59 Å². The molecule has 4 N–H and O–H groups in total. The first-order chi connectivity index (χ1) is 6.09. The summed E-state index contributed by atoms with van der Waals surface area (Å²) in [7, 11) is 0. The molecule has 0 spiro atoms. The molecule has 1 rings (SSSR count). The first kappa shape index (κ1) is 9.31. The number of carboxylic acid groups (broad SMARTS) is 1. The smallest absolute Gasteiger partial charge is 0.326 e. The summed E-state index contributed by atoms with van der Waals surface area (Å²) < 4.78 is 0. The lowest BCUT2D eigenvalue weighted by Crippen LogP contribution is -2.28. The molecule has 1 aliphatic rings. The molecule has 5 nitrogen and oxygen atoms in total. The second-order valence-electron chi connectivity index (χ2n) is 2.72. The third kappa shape index (κ3) is 2.62. The summed E-state index contributed by atoms with van der Waals surface area (Å²) in [6, 6.07) is -0.590. The predicted molar refractivity (Wildman–Crippen MR) is 45.6 cm³/mol. The summed E-state index contributed by atoms with van der Waals surface area (Å²) >= 11 is 0. The van der Waals surface area contributed by atoms with E-state index in [4.69, 9.17) is 10.8 Å². The molecule has 1 heterocycles. The number of carbonyl (C=O) groups excluding carboxylic acids is 1. The number of allylic oxidation sites excluding steroid dienone is 1. The fourth-order valence-corrected chi connectivity index (χ4v) is 1.03. The zero-order chi connectivity index (χ0) is 9.84. The summed E-state index contributed by atoms with van der Waals surface area (Å²) in [5.41, 5.74) is 5.63. The number of rotatable bonds is 3. The topological polar surface area (TPSA) is 92.4 Å². The van der Waals surface area contributed by atoms with Gasteiger partial charge in [0.1, 0.15) is 6.04 Å². The molecule has 70 valence electrons. The monoisotopic (exact) mass is 182 g/mol. The Morgan fingerprint density at radius 2 is 2.38 bits per heavy atom. The maximum atomic E-state index is 10.5. The van der Waals surface area contributed by atoms with Gasteiger partial charge in [-0.3, -0.25) is 4.79 Å². The number of primary amides is 1. The van der Waals surface area contributed by atoms with E-state index in [2.05, 4.69) is 5.32 Å². The minimum absolute atomic E-state index is 0.374. The van der Waals surface area contributed by atoms with Crippen LogP contribution in [0.2, 0.25) is 0 Å². The van der Waals surface area contributed by atoms with E-state index < -0.39 is 17.9 Å². The second kappa shape index (κ2) is 3.75. The summed E-state index contributed by atoms with van der Waals surface area (Å²) in [6.45, 7) is 0. The molecular formula is C8H10N2O3. The molecule has 0 bridgehead atoms. The highest BCUT2D eigenvalue weighted by Crippen LogP contribution is 2.13. The van der Waals surface area contributed by atoms with Crippen LogP contribution >= 0.6 is 0 Å². The minimum atomic E-state index is -0.904. The molecule has 0 radical (unpaired) electrons. The fourth-order valence-electron chi connectivity index (χ4n) is 1.03. The van der Waals surface area contributed by atoms with Gasteiger partial charge in [0.25, 0.3) is 0 Å². The fraction of sp³-hybridized carbons (Fsp3) is 0.250. The molecule has 0 aliphatic carbocycles. The van der Waals surface area contributed by atoms with E-state index in [0.717, 1.165) is 5.57 Å². The molecule has 13 heavy (non-hydrogen) atoms. The molecule has 0 fully saturated rings. The summed E-state index contributed by atoms with van der Waals surface area (Å²) in [5.74, 6) is -1.45. The number of hydrogen-bond acceptors (Lipinski definition) is 3. The van der Waals surface area contributed by atoms with Gasteiger partial charge in [0.2, 0.25) is 5.91 Å². The van der Waals surface area contributed by atoms with Crippen molar-refractivity contribution >= 4 is 11.9 Å². The third-order valence-corrected chi connectivity index (χ3v) is 1.67. The van der Waals surface area contributed by atoms with Gasteiger partial charge in [0.05, 0.1) is 0 Å². The molecule has 0 aromatic carbocycles. The number of aliphatic carboxylic acids is 1. The van der Waals surface area contributed by atoms with Gasteiger partial charge in [-0.05, 0) is 5.57 Å². The van der Waals surface area contributed by atoms with Crippen LogP contribution < -0.4 is 11.1 Å². The van der Waals surface area contributed by atoms with E-state index in [0.29, 0.717) is 6.42 Å². The van der Waals surface area contributed by atoms with Crippen LogP contribution in [0.4, 0.5) is 0 Å². The van der Waals surface area contributed by atoms with Gasteiger partial charge < -0.3 is 16.2 Å². The molecule has 0 aromatic rings. The van der Waals surface area contributed by atoms with E-state index in [1.54, 1.807) is 6.20 Å². The summed E-state index contributed by atoms with van der Waals surface area (Å²) in [6.07, 6.45) is 4.66. The van der Waals surface area contributed by atoms with E-state index >= 15 is 0 Å². The Morgan fingerprint density at radius 3 is 2.85 bits per heavy atom. The van der Waals surface area contributed by atoms with E-state index in [1.807, 2.05) is 0 Å². The second-order valence-corrected chi connectivity index (χ2v) is 2.72. The van der Waals surface area contributed by atoms with Gasteiger partial charge in [-0.1, -0.05) is 6.08 Å². The molecule has 1 atom stereocenters. The maximum absolute atomic E-state index is 10.5. The Morgan fingerprint density at radius 1 is 1.69 bits per heavy atom. The van der Waals surface area contributed by atoms with Crippen LogP contribution in [-0.4, -0.2) is 23.0 Å². The Bertz CT molecular complexity index is 294. The van der Waals surface area contributed by atoms with Crippen molar-refractivity contribution in [2.75, 3.05) is 0 Å². The van der Waals surface area contributed by atoms with Crippen molar-refractivity contribution in [1.29, 1.82) is 0 Å². The van der Waals surface area contributed by atoms with Crippen molar-refractivity contribution < 1.29 is 14.7 Å². The van der Waals surface area contributed by atoms with Crippen LogP contribution in [0.5, 0.6) is 0 Å². The van der Waals surface area contributed by atoms with Gasteiger partial charge in [0.15, 0.2) is 0 Å². The van der Waals surface area contributed by atoms with Crippen LogP contribution in [0.15, 0.2) is 23.9 Å². The molecule has 0 saturated heterocycles. The SMILES string of the molecule is NC(=O)/C=C/C1=CNC(C(=O)O)C1. The molecule has 1 amide bonds. The van der Waals surface area contributed by atoms with Gasteiger partial charge in [-0.25, -0.2) is 4.79 Å². The minimum Gasteiger partial charge on any atom is -0.480 e. The van der Waals surface area contributed by atoms with Crippen molar-refractivity contribution in [1.82, 2.24) is 5.32 Å². The third-order valence-electron chi connectivity index (χ3n) is 1.67. The molecular weight excluding hydrogens is 172 g/mol. The van der Waals surface area contributed by atoms with Crippen molar-refractivity contribution in [2.24, 2.45) is 5.73 Å². The number of amides is 1. The van der Waals surface area contributed by atoms with Crippen molar-refractivity contribution in [3.63, 3.8) is 0 Å². The van der Waals surface area contributed by atoms with Crippen LogP contribution in [0.1, 0.15) is 6.42 Å². The average molecular weight is 182 g/mol. The normalized spacial score (nSPS) is 21.2. The predicted octanol–water partition coefficient (Wildman–Crippen LogP) is -0.642. The van der Waals surface area contributed by atoms with Crippen LogP contribution in [0.25, 0.3) is 0 Å². The summed E-state index contributed by atoms with van der Waals surface area (Å²) in [4.78, 5) is 20.8. The largest absolute Gasteiger partial charge is 0.480 e. The van der Waals surface area contributed by atoms with Gasteiger partial charge in [0, 0.05) is 18.7 Å². The molecule has 0 aromatic heterocycles. The van der Waals surface area contributed by atoms with Crippen molar-refractivity contribution in [3.8, 4) is 0 Å². The highest BCUT2D eigenvalue weighted by atomic mass is 16.4. The first-order valence-electron chi connectivity index (χ1n) is 3.75. The number of carboxylic acids is 1. The highest BCUT2D eigenvalue weighted by Gasteiger charge is 2.21. The molecule has 5 heteroatoms. The number of hydrogen-bond donors (Lipinski definition) is 3. The summed E-state index contributed by atoms with van der Waals surface area (Å²) in [5, 5.41) is 11.3. The number of nitrogens with one attached hydrogen (secondary N) is 1. The standard InChI is InChI=1S/C8H10N2O3/c9-7(11)2-1-5-3-6(8(12)13)10-4-5/h1-2,4,6,10H,3H2,(H2,9,11)(H,12,13)/b2-1+. The highest BCUT2D eigenvalue weighted by molar-refractivity contribution is 5.86. The molecule has 1 aliphatic heterocycles. The average Bonchev–Trinajstić information content (AvgIpc) is 2.48. The first-order valence-corrected chi connectivity index (χ1v) is 3.75. The Labute approximate surface area is 74.9 Å². The quantitative estimate of drug-likeness (QED) is 0.506. The van der Waals surface area contributed by atoms with Gasteiger partial charge in [-0.15, -0.1) is 0 Å². The van der Waals surface area contributed by atoms with Crippen LogP contribution in [0, 0.1) is 0 Å². The lowest BCUT2D eigenvalue weighted by molar-refractivity contribution is -0.138. The number of carbonyl (C=O) groups is 2. The van der Waals surface area contributed by atoms with Gasteiger partial charge >= 0.3 is 5.97 Å². The van der Waals surface area contributed by atoms with Crippen molar-refractivity contribution in [2.45, 2.75) is 12.5 Å².